The topological polar surface area (TPSA) is 96.0 Å². The Balaban J connectivity index is 2.06. The van der Waals surface area contributed by atoms with Gasteiger partial charge >= 0.3 is 0 Å². The molecule has 3 aromatic carbocycles. The van der Waals surface area contributed by atoms with E-state index >= 15 is 0 Å². The molecule has 0 aromatic heterocycles. The van der Waals surface area contributed by atoms with Crippen LogP contribution in [0, 0.1) is 5.82 Å². The first-order chi connectivity index (χ1) is 19.5. The minimum absolute atomic E-state index is 0.0230. The Morgan fingerprint density at radius 3 is 2.17 bits per heavy atom. The van der Waals surface area contributed by atoms with E-state index in [2.05, 4.69) is 5.32 Å². The van der Waals surface area contributed by atoms with E-state index in [9.17, 15) is 22.4 Å². The van der Waals surface area contributed by atoms with Crippen molar-refractivity contribution in [2.45, 2.75) is 57.1 Å². The van der Waals surface area contributed by atoms with E-state index in [4.69, 9.17) is 16.3 Å². The van der Waals surface area contributed by atoms with E-state index in [1.54, 1.807) is 31.2 Å². The lowest BCUT2D eigenvalue weighted by Crippen LogP contribution is -2.53. The van der Waals surface area contributed by atoms with Gasteiger partial charge in [0, 0.05) is 17.6 Å². The number of halogens is 2. The van der Waals surface area contributed by atoms with Crippen LogP contribution in [0.2, 0.25) is 5.02 Å². The summed E-state index contributed by atoms with van der Waals surface area (Å²) >= 11 is 6.41. The van der Waals surface area contributed by atoms with E-state index in [0.717, 1.165) is 16.4 Å². The van der Waals surface area contributed by atoms with Gasteiger partial charge in [0.15, 0.2) is 0 Å². The molecule has 0 fully saturated rings. The number of benzene rings is 3. The van der Waals surface area contributed by atoms with Crippen molar-refractivity contribution in [1.82, 2.24) is 10.2 Å². The Bertz CT molecular complexity index is 1440. The third-order valence-electron chi connectivity index (χ3n) is 6.73. The maximum atomic E-state index is 14.1. The standard InChI is InChI=1S/C30H35ClFN3O5S/c1-5-21(3)33-30(37)28(6-2)34(19-22-9-7-8-10-27(22)31)29(36)20-35(24-13-11-23(32)12-14-24)41(38,39)26-17-15-25(40-4)16-18-26/h7-18,21,28H,5-6,19-20H2,1-4H3,(H,33,37)/t21-,28-/m0/s1. The molecule has 11 heteroatoms. The van der Waals surface area contributed by atoms with Crippen LogP contribution in [0.4, 0.5) is 10.1 Å². The first kappa shape index (κ1) is 31.9. The molecule has 220 valence electrons. The first-order valence-corrected chi connectivity index (χ1v) is 15.1. The molecule has 0 bridgehead atoms. The summed E-state index contributed by atoms with van der Waals surface area (Å²) in [4.78, 5) is 28.6. The maximum absolute atomic E-state index is 14.1. The van der Waals surface area contributed by atoms with Gasteiger partial charge in [-0.15, -0.1) is 0 Å². The number of rotatable bonds is 13. The third-order valence-corrected chi connectivity index (χ3v) is 8.88. The molecule has 3 rings (SSSR count). The SMILES string of the molecule is CC[C@H](C)NC(=O)[C@H](CC)N(Cc1ccccc1Cl)C(=O)CN(c1ccc(F)cc1)S(=O)(=O)c1ccc(OC)cc1. The molecule has 0 saturated heterocycles. The summed E-state index contributed by atoms with van der Waals surface area (Å²) in [5.74, 6) is -1.08. The summed E-state index contributed by atoms with van der Waals surface area (Å²) in [7, 11) is -2.84. The number of anilines is 1. The van der Waals surface area contributed by atoms with E-state index in [1.807, 2.05) is 13.8 Å². The second kappa shape index (κ2) is 14.3. The minimum atomic E-state index is -4.30. The highest BCUT2D eigenvalue weighted by Gasteiger charge is 2.34. The zero-order valence-electron chi connectivity index (χ0n) is 23.5. The molecule has 0 radical (unpaired) electrons. The van der Waals surface area contributed by atoms with Gasteiger partial charge in [0.1, 0.15) is 24.2 Å². The van der Waals surface area contributed by atoms with Crippen molar-refractivity contribution in [3.63, 3.8) is 0 Å². The van der Waals surface area contributed by atoms with Crippen LogP contribution in [0.5, 0.6) is 5.75 Å². The predicted octanol–water partition coefficient (Wildman–Crippen LogP) is 5.41. The van der Waals surface area contributed by atoms with Gasteiger partial charge in [0.05, 0.1) is 17.7 Å². The third kappa shape index (κ3) is 7.98. The molecule has 3 aromatic rings. The number of nitrogens with zero attached hydrogens (tertiary/aromatic N) is 2. The van der Waals surface area contributed by atoms with Crippen LogP contribution in [0.15, 0.2) is 77.7 Å². The van der Waals surface area contributed by atoms with Gasteiger partial charge in [-0.05, 0) is 79.9 Å². The van der Waals surface area contributed by atoms with Crippen LogP contribution in [0.25, 0.3) is 0 Å². The first-order valence-electron chi connectivity index (χ1n) is 13.3. The van der Waals surface area contributed by atoms with E-state index in [1.165, 1.54) is 48.4 Å². The molecule has 2 atom stereocenters. The molecule has 2 amide bonds. The molecule has 0 aliphatic rings. The van der Waals surface area contributed by atoms with Crippen molar-refractivity contribution in [3.8, 4) is 5.75 Å². The Morgan fingerprint density at radius 2 is 1.61 bits per heavy atom. The van der Waals surface area contributed by atoms with Crippen LogP contribution in [-0.4, -0.2) is 50.9 Å². The predicted molar refractivity (Wildman–Crippen MR) is 158 cm³/mol. The smallest absolute Gasteiger partial charge is 0.264 e. The van der Waals surface area contributed by atoms with Crippen LogP contribution < -0.4 is 14.4 Å². The molecule has 0 saturated carbocycles. The summed E-state index contributed by atoms with van der Waals surface area (Å²) in [5, 5.41) is 3.33. The van der Waals surface area contributed by atoms with Crippen molar-refractivity contribution < 1.29 is 27.1 Å². The minimum Gasteiger partial charge on any atom is -0.497 e. The van der Waals surface area contributed by atoms with Crippen LogP contribution in [0.3, 0.4) is 0 Å². The second-order valence-electron chi connectivity index (χ2n) is 9.52. The molecule has 8 nitrogen and oxygen atoms in total. The lowest BCUT2D eigenvalue weighted by molar-refractivity contribution is -0.140. The highest BCUT2D eigenvalue weighted by atomic mass is 35.5. The number of hydrogen-bond acceptors (Lipinski definition) is 5. The molecule has 0 unspecified atom stereocenters. The lowest BCUT2D eigenvalue weighted by Gasteiger charge is -2.34. The molecule has 0 aliphatic carbocycles. The van der Waals surface area contributed by atoms with Crippen LogP contribution >= 0.6 is 11.6 Å². The number of nitrogens with one attached hydrogen (secondary N) is 1. The molecular weight excluding hydrogens is 569 g/mol. The molecule has 1 N–H and O–H groups in total. The number of amides is 2. The number of ether oxygens (including phenoxy) is 1. The largest absolute Gasteiger partial charge is 0.497 e. The lowest BCUT2D eigenvalue weighted by atomic mass is 10.1. The fourth-order valence-electron chi connectivity index (χ4n) is 4.18. The summed E-state index contributed by atoms with van der Waals surface area (Å²) in [6.07, 6.45) is 0.972. The fraction of sp³-hybridized carbons (Fsp3) is 0.333. The Labute approximate surface area is 246 Å². The summed E-state index contributed by atoms with van der Waals surface area (Å²) in [6, 6.07) is 16.4. The Morgan fingerprint density at radius 1 is 0.976 bits per heavy atom. The summed E-state index contributed by atoms with van der Waals surface area (Å²) in [6.45, 7) is 4.91. The van der Waals surface area contributed by atoms with E-state index < -0.39 is 34.3 Å². The van der Waals surface area contributed by atoms with Gasteiger partial charge in [-0.1, -0.05) is 43.6 Å². The zero-order valence-corrected chi connectivity index (χ0v) is 25.1. The Kier molecular flexibility index (Phi) is 11.1. The van der Waals surface area contributed by atoms with Gasteiger partial charge in [-0.2, -0.15) is 0 Å². The normalized spacial score (nSPS) is 12.7. The Hall–Kier alpha value is -3.63. The quantitative estimate of drug-likeness (QED) is 0.282. The average molecular weight is 604 g/mol. The number of carbonyl (C=O) groups excluding carboxylic acids is 2. The van der Waals surface area contributed by atoms with Crippen molar-refractivity contribution in [2.24, 2.45) is 0 Å². The van der Waals surface area contributed by atoms with E-state index in [0.29, 0.717) is 22.8 Å². The number of hydrogen-bond donors (Lipinski definition) is 1. The fourth-order valence-corrected chi connectivity index (χ4v) is 5.79. The van der Waals surface area contributed by atoms with Crippen LogP contribution in [0.1, 0.15) is 39.2 Å². The molecule has 0 heterocycles. The average Bonchev–Trinajstić information content (AvgIpc) is 2.97. The maximum Gasteiger partial charge on any atom is 0.264 e. The van der Waals surface area contributed by atoms with Gasteiger partial charge < -0.3 is 15.0 Å². The van der Waals surface area contributed by atoms with Gasteiger partial charge in [-0.25, -0.2) is 12.8 Å². The number of methoxy groups -OCH3 is 1. The van der Waals surface area contributed by atoms with E-state index in [-0.39, 0.29) is 35.5 Å². The summed E-state index contributed by atoms with van der Waals surface area (Å²) in [5.41, 5.74) is 0.689. The molecular formula is C30H35ClFN3O5S. The van der Waals surface area contributed by atoms with Crippen LogP contribution in [-0.2, 0) is 26.2 Å². The highest BCUT2D eigenvalue weighted by molar-refractivity contribution is 7.92. The molecule has 41 heavy (non-hydrogen) atoms. The van der Waals surface area contributed by atoms with Gasteiger partial charge in [0.2, 0.25) is 11.8 Å². The highest BCUT2D eigenvalue weighted by Crippen LogP contribution is 2.27. The molecule has 0 aliphatic heterocycles. The van der Waals surface area contributed by atoms with Gasteiger partial charge in [-0.3, -0.25) is 13.9 Å². The van der Waals surface area contributed by atoms with Crippen molar-refractivity contribution in [1.29, 1.82) is 0 Å². The zero-order chi connectivity index (χ0) is 30.2. The number of carbonyl (C=O) groups is 2. The number of sulfonamides is 1. The van der Waals surface area contributed by atoms with Gasteiger partial charge in [0.25, 0.3) is 10.0 Å². The van der Waals surface area contributed by atoms with Crippen molar-refractivity contribution >= 4 is 39.1 Å². The summed E-state index contributed by atoms with van der Waals surface area (Å²) < 4.78 is 47.6. The van der Waals surface area contributed by atoms with Crippen molar-refractivity contribution in [2.75, 3.05) is 18.0 Å². The monoisotopic (exact) mass is 603 g/mol. The van der Waals surface area contributed by atoms with Crippen molar-refractivity contribution in [3.05, 3.63) is 89.2 Å². The molecule has 0 spiro atoms. The second-order valence-corrected chi connectivity index (χ2v) is 11.8.